The fraction of sp³-hybridized carbons (Fsp3) is 0.945. The molecule has 10 unspecified atom stereocenters. The number of aliphatic hydroxyl groups excluding tert-OH is 12. The highest BCUT2D eigenvalue weighted by molar-refractivity contribution is 5.73. The molecule has 22 nitrogen and oxygen atoms in total. The average Bonchev–Trinajstić information content (AvgIpc) is 3.64. The van der Waals surface area contributed by atoms with E-state index in [0.29, 0.717) is 25.7 Å². The first-order chi connectivity index (χ1) is 35.9. The van der Waals surface area contributed by atoms with Gasteiger partial charge >= 0.3 is 5.97 Å². The van der Waals surface area contributed by atoms with Gasteiger partial charge in [0.05, 0.1) is 50.3 Å². The molecule has 77 heavy (non-hydrogen) atoms. The number of aliphatic hydroxyl groups is 12. The Morgan fingerprint density at radius 1 is 0.623 bits per heavy atom. The fourth-order valence-corrected chi connectivity index (χ4v) is 17.4. The van der Waals surface area contributed by atoms with Crippen LogP contribution in [-0.4, -0.2) is 221 Å². The molecule has 5 aliphatic carbocycles. The second-order valence-corrected chi connectivity index (χ2v) is 26.8. The summed E-state index contributed by atoms with van der Waals surface area (Å²) in [5.74, 6) is -2.43. The number of rotatable bonds is 12. The second-order valence-electron chi connectivity index (χ2n) is 26.8. The quantitative estimate of drug-likeness (QED) is 0.0878. The van der Waals surface area contributed by atoms with Gasteiger partial charge in [0.25, 0.3) is 0 Å². The molecule has 13 N–H and O–H groups in total. The van der Waals surface area contributed by atoms with Crippen molar-refractivity contribution in [3.05, 3.63) is 11.6 Å². The Labute approximate surface area is 450 Å². The summed E-state index contributed by atoms with van der Waals surface area (Å²) in [6.07, 6.45) is -24.1. The number of carboxylic acid groups (broad SMARTS) is 1. The summed E-state index contributed by atoms with van der Waals surface area (Å²) in [5, 5.41) is 143. The van der Waals surface area contributed by atoms with Crippen molar-refractivity contribution in [1.29, 1.82) is 0 Å². The standard InChI is InChI=1S/C55H90O22/c1-22-24(3)70-46(37(64)33(22)60)77-44-23(2)55(21-58)26(17-50(44,4)5)25-11-12-30-52(8)15-14-32(51(6,7)29(52)13-16-53(30,9)54(25,10)18-31(55)59)73-49-43(76-48-39(66)36(63)34(61)27(19-56)71-48)41(40(67)42(75-49)45(68)69)74-47-38(65)35(62)28(20-57)72-47/h11,22-24,26-44,46-49,56-67H,12-21H2,1-10H3,(H,68,69)/t22-,23-,24?,26?,27?,28-,29?,30?,31+,32-,33-,34-,35+,36+,37?,38?,39?,40-,41+,42?,43?,44-,46-,47-,48-,49+,52-,53+,54+,55-/m0/s1. The van der Waals surface area contributed by atoms with Gasteiger partial charge in [-0.1, -0.05) is 74.0 Å². The van der Waals surface area contributed by atoms with E-state index < -0.39 is 164 Å². The number of aliphatic carboxylic acids is 1. The molecule has 0 amide bonds. The predicted molar refractivity (Wildman–Crippen MR) is 266 cm³/mol. The Kier molecular flexibility index (Phi) is 16.6. The van der Waals surface area contributed by atoms with Crippen LogP contribution in [0.5, 0.6) is 0 Å². The number of hydrogen-bond donors (Lipinski definition) is 13. The summed E-state index contributed by atoms with van der Waals surface area (Å²) in [6, 6.07) is 0. The molecule has 4 saturated carbocycles. The van der Waals surface area contributed by atoms with Gasteiger partial charge in [-0.2, -0.15) is 0 Å². The topological polar surface area (TPSA) is 354 Å². The van der Waals surface area contributed by atoms with Gasteiger partial charge in [-0.15, -0.1) is 0 Å². The number of hydrogen-bond acceptors (Lipinski definition) is 21. The molecule has 4 aliphatic heterocycles. The first-order valence-corrected chi connectivity index (χ1v) is 28.0. The Morgan fingerprint density at radius 2 is 1.19 bits per heavy atom. The molecular formula is C55H90O22. The van der Waals surface area contributed by atoms with E-state index in [1.54, 1.807) is 0 Å². The van der Waals surface area contributed by atoms with Crippen molar-refractivity contribution in [2.24, 2.45) is 62.1 Å². The number of carbonyl (C=O) groups is 1. The maximum atomic E-state index is 12.9. The van der Waals surface area contributed by atoms with Gasteiger partial charge in [0, 0.05) is 11.3 Å². The van der Waals surface area contributed by atoms with Gasteiger partial charge in [-0.25, -0.2) is 4.79 Å². The first-order valence-electron chi connectivity index (χ1n) is 28.0. The minimum Gasteiger partial charge on any atom is -0.479 e. The molecule has 0 aromatic carbocycles. The van der Waals surface area contributed by atoms with Crippen LogP contribution in [0.1, 0.15) is 114 Å². The first kappa shape index (κ1) is 60.0. The molecule has 4 heterocycles. The van der Waals surface area contributed by atoms with Crippen LogP contribution in [0.25, 0.3) is 0 Å². The zero-order valence-electron chi connectivity index (χ0n) is 46.1. The van der Waals surface area contributed by atoms with Crippen LogP contribution < -0.4 is 0 Å². The SMILES string of the molecule is CC1O[C@@H](O[C@H]2[C@H](C)[C@@]3(CO)C(CC2(C)C)C2=CCC4[C@@]5(C)CC[C@H](O[C@@H]6OC(C(=O)O)[C@@H](O)[C@@H](O[C@@H]7O[C@@H](CO)[C@@H](O)C7O)C6O[C@@H]6OC(CO)[C@H](O)[C@@H](O)C6O)C(C)(C)C5CC[C@@]4(C)[C@]2(C)C[C@H]3O)C(O)[C@@H](O)[C@H]1C. The Morgan fingerprint density at radius 3 is 1.79 bits per heavy atom. The summed E-state index contributed by atoms with van der Waals surface area (Å²) in [4.78, 5) is 12.9. The minimum absolute atomic E-state index is 0.0104. The highest BCUT2D eigenvalue weighted by Crippen LogP contribution is 2.76. The average molecular weight is 1100 g/mol. The van der Waals surface area contributed by atoms with E-state index in [-0.39, 0.29) is 53.1 Å². The highest BCUT2D eigenvalue weighted by atomic mass is 16.8. The predicted octanol–water partition coefficient (Wildman–Crippen LogP) is -0.340. The van der Waals surface area contributed by atoms with E-state index in [4.69, 9.17) is 37.9 Å². The Bertz CT molecular complexity index is 2150. The van der Waals surface area contributed by atoms with Gasteiger partial charge in [-0.05, 0) is 103 Å². The molecule has 4 saturated heterocycles. The van der Waals surface area contributed by atoms with Crippen molar-refractivity contribution in [2.45, 2.75) is 243 Å². The molecular weight excluding hydrogens is 1010 g/mol. The van der Waals surface area contributed by atoms with Crippen molar-refractivity contribution in [3.8, 4) is 0 Å². The van der Waals surface area contributed by atoms with Crippen LogP contribution in [0.3, 0.4) is 0 Å². The van der Waals surface area contributed by atoms with Gasteiger partial charge < -0.3 is 104 Å². The maximum Gasteiger partial charge on any atom is 0.335 e. The van der Waals surface area contributed by atoms with Gasteiger partial charge in [0.2, 0.25) is 0 Å². The zero-order chi connectivity index (χ0) is 56.6. The lowest BCUT2D eigenvalue weighted by atomic mass is 9.32. The van der Waals surface area contributed by atoms with Crippen molar-refractivity contribution in [1.82, 2.24) is 0 Å². The van der Waals surface area contributed by atoms with E-state index in [1.165, 1.54) is 5.57 Å². The smallest absolute Gasteiger partial charge is 0.335 e. The van der Waals surface area contributed by atoms with Gasteiger partial charge in [-0.3, -0.25) is 0 Å². The van der Waals surface area contributed by atoms with Crippen LogP contribution in [-0.2, 0) is 42.7 Å². The van der Waals surface area contributed by atoms with Crippen LogP contribution in [0.2, 0.25) is 0 Å². The molecule has 0 bridgehead atoms. The number of fused-ring (bicyclic) bond motifs is 7. The molecule has 442 valence electrons. The summed E-state index contributed by atoms with van der Waals surface area (Å²) in [7, 11) is 0. The van der Waals surface area contributed by atoms with Crippen molar-refractivity contribution in [2.75, 3.05) is 19.8 Å². The van der Waals surface area contributed by atoms with Crippen LogP contribution in [0.4, 0.5) is 0 Å². The molecule has 0 aromatic rings. The third-order valence-corrected chi connectivity index (χ3v) is 22.3. The molecule has 9 aliphatic rings. The molecule has 30 atom stereocenters. The van der Waals surface area contributed by atoms with Crippen LogP contribution >= 0.6 is 0 Å². The lowest BCUT2D eigenvalue weighted by Gasteiger charge is -2.73. The summed E-state index contributed by atoms with van der Waals surface area (Å²) in [5.41, 5.74) is -2.09. The maximum absolute atomic E-state index is 12.9. The van der Waals surface area contributed by atoms with Gasteiger partial charge in [0.1, 0.15) is 67.1 Å². The lowest BCUT2D eigenvalue weighted by Crippen LogP contribution is -2.70. The summed E-state index contributed by atoms with van der Waals surface area (Å²) in [6.45, 7) is 19.3. The Balaban J connectivity index is 1.00. The summed E-state index contributed by atoms with van der Waals surface area (Å²) >= 11 is 0. The summed E-state index contributed by atoms with van der Waals surface area (Å²) < 4.78 is 49.5. The fourth-order valence-electron chi connectivity index (χ4n) is 17.4. The monoisotopic (exact) mass is 1100 g/mol. The number of carboxylic acids is 1. The molecule has 0 radical (unpaired) electrons. The second kappa shape index (κ2) is 21.2. The largest absolute Gasteiger partial charge is 0.479 e. The molecule has 8 fully saturated rings. The minimum atomic E-state index is -2.08. The van der Waals surface area contributed by atoms with Crippen molar-refractivity contribution < 1.29 is 109 Å². The highest BCUT2D eigenvalue weighted by Gasteiger charge is 2.72. The van der Waals surface area contributed by atoms with Crippen molar-refractivity contribution >= 4 is 5.97 Å². The van der Waals surface area contributed by atoms with E-state index in [2.05, 4.69) is 54.5 Å². The normalized spacial score (nSPS) is 55.3. The third-order valence-electron chi connectivity index (χ3n) is 22.3. The van der Waals surface area contributed by atoms with Gasteiger partial charge in [0.15, 0.2) is 31.3 Å². The third kappa shape index (κ3) is 9.25. The van der Waals surface area contributed by atoms with Crippen LogP contribution in [0, 0.1) is 62.1 Å². The van der Waals surface area contributed by atoms with Crippen molar-refractivity contribution in [3.63, 3.8) is 0 Å². The van der Waals surface area contributed by atoms with E-state index >= 15 is 0 Å². The Hall–Kier alpha value is -1.59. The van der Waals surface area contributed by atoms with E-state index in [0.717, 1.165) is 19.3 Å². The number of ether oxygens (including phenoxy) is 8. The molecule has 22 heteroatoms. The molecule has 9 rings (SSSR count). The van der Waals surface area contributed by atoms with E-state index in [9.17, 15) is 71.2 Å². The number of allylic oxidation sites excluding steroid dienone is 2. The molecule has 0 spiro atoms. The zero-order valence-corrected chi connectivity index (χ0v) is 46.1. The van der Waals surface area contributed by atoms with E-state index in [1.807, 2.05) is 20.8 Å². The van der Waals surface area contributed by atoms with Crippen LogP contribution in [0.15, 0.2) is 11.6 Å². The molecule has 0 aromatic heterocycles. The lowest BCUT2D eigenvalue weighted by molar-refractivity contribution is -0.386.